The van der Waals surface area contributed by atoms with E-state index in [2.05, 4.69) is 217 Å². The molecular weight excluding hydrogens is 1110 g/mol. The van der Waals surface area contributed by atoms with Gasteiger partial charge in [-0.05, 0) is 0 Å². The van der Waals surface area contributed by atoms with Crippen LogP contribution in [0.2, 0.25) is 193 Å². The summed E-state index contributed by atoms with van der Waals surface area (Å²) in [5.41, 5.74) is 0. The van der Waals surface area contributed by atoms with Crippen LogP contribution in [0.1, 0.15) is 0 Å². The van der Waals surface area contributed by atoms with E-state index in [1.165, 1.54) is 24.2 Å². The molecule has 0 saturated carbocycles. The van der Waals surface area contributed by atoms with Gasteiger partial charge in [-0.15, -0.1) is 0 Å². The van der Waals surface area contributed by atoms with Crippen molar-refractivity contribution in [3.63, 3.8) is 0 Å². The van der Waals surface area contributed by atoms with E-state index in [9.17, 15) is 0 Å². The first kappa shape index (κ1) is 64.2. The van der Waals surface area contributed by atoms with Crippen molar-refractivity contribution in [1.29, 1.82) is 0 Å². The van der Waals surface area contributed by atoms with Crippen molar-refractivity contribution in [1.82, 2.24) is 0 Å². The molecule has 55 heavy (non-hydrogen) atoms. The average molecular weight is 1210 g/mol. The van der Waals surface area contributed by atoms with Gasteiger partial charge in [-0.2, -0.15) is 0 Å². The van der Waals surface area contributed by atoms with E-state index >= 15 is 0 Å². The molecule has 2 aromatic carbocycles. The van der Waals surface area contributed by atoms with Crippen molar-refractivity contribution in [2.24, 2.45) is 0 Å². The summed E-state index contributed by atoms with van der Waals surface area (Å²) in [4.78, 5) is 21.3. The molecule has 2 aromatic rings. The standard InChI is InChI=1S/C17H35Si4.C11H19Si2.C7H19Si2.9CH3.3Sn/c1-18(2)14-15-20(6,7)21(8,9)17-12-10-16(11-13-17)19(3,4)5;1-12(2)10-6-8-11(9-7-10)13(3,4)5;1-8(2)6-7-9(3,4)5;;;;;;;;;;;;/h10-13H,14-15H2,1-9H3;6-9H,1-5H3;6-7H2,1-5H3;9*1H3;;;. The zero-order valence-corrected chi connectivity index (χ0v) is 59.5. The van der Waals surface area contributed by atoms with Gasteiger partial charge < -0.3 is 0 Å². The molecule has 320 valence electrons. The van der Waals surface area contributed by atoms with Crippen molar-refractivity contribution < 1.29 is 0 Å². The topological polar surface area (TPSA) is 0 Å². The van der Waals surface area contributed by atoms with E-state index in [4.69, 9.17) is 0 Å². The van der Waals surface area contributed by atoms with E-state index < -0.39 is 98.7 Å². The Morgan fingerprint density at radius 3 is 0.873 bits per heavy atom. The van der Waals surface area contributed by atoms with Crippen molar-refractivity contribution in [3.05, 3.63) is 48.5 Å². The molecule has 0 aliphatic rings. The molecule has 0 saturated heterocycles. The van der Waals surface area contributed by atoms with Crippen molar-refractivity contribution in [2.45, 2.75) is 193 Å². The van der Waals surface area contributed by atoms with Crippen LogP contribution in [0, 0.1) is 0 Å². The fourth-order valence-electron chi connectivity index (χ4n) is 4.58. The summed E-state index contributed by atoms with van der Waals surface area (Å²) in [6, 6.07) is 25.3. The summed E-state index contributed by atoms with van der Waals surface area (Å²) in [6.45, 7) is 46.8. The van der Waals surface area contributed by atoms with Gasteiger partial charge in [0.05, 0.1) is 32.5 Å². The Hall–Kier alpha value is 2.57. The van der Waals surface area contributed by atoms with Crippen molar-refractivity contribution >= 4 is 146 Å². The van der Waals surface area contributed by atoms with Gasteiger partial charge in [0, 0.05) is 33.3 Å². The third-order valence-electron chi connectivity index (χ3n) is 9.12. The van der Waals surface area contributed by atoms with Gasteiger partial charge >= 0.3 is 104 Å². The molecule has 0 amide bonds. The second-order valence-corrected chi connectivity index (χ2v) is 88.4. The first-order valence-electron chi connectivity index (χ1n) is 21.3. The third kappa shape index (κ3) is 39.2. The molecule has 0 bridgehead atoms. The first-order chi connectivity index (χ1) is 24.4. The molecule has 0 aromatic heterocycles. The van der Waals surface area contributed by atoms with Crippen molar-refractivity contribution in [3.8, 4) is 0 Å². The van der Waals surface area contributed by atoms with Gasteiger partial charge in [0.15, 0.2) is 0 Å². The summed E-state index contributed by atoms with van der Waals surface area (Å²) < 4.78 is 0. The minimum atomic E-state index is -1.29. The van der Waals surface area contributed by atoms with E-state index in [-0.39, 0.29) is 26.4 Å². The first-order valence-corrected chi connectivity index (χ1v) is 72.8. The Morgan fingerprint density at radius 2 is 0.655 bits per heavy atom. The zero-order chi connectivity index (χ0) is 44.8. The Kier molecular flexibility index (Phi) is 36.7. The van der Waals surface area contributed by atoms with Gasteiger partial charge in [-0.1, -0.05) is 218 Å². The molecule has 0 N–H and O–H groups in total. The summed E-state index contributed by atoms with van der Waals surface area (Å²) in [6.07, 6.45) is 0. The van der Waals surface area contributed by atoms with Crippen LogP contribution in [0.15, 0.2) is 48.5 Å². The number of rotatable bonds is 11. The van der Waals surface area contributed by atoms with E-state index in [1.54, 1.807) is 20.7 Å². The van der Waals surface area contributed by atoms with Crippen LogP contribution in [-0.4, -0.2) is 125 Å². The summed E-state index contributed by atoms with van der Waals surface area (Å²) >= 11 is -1.63. The van der Waals surface area contributed by atoms with Gasteiger partial charge in [0.1, 0.15) is 0 Å². The summed E-state index contributed by atoms with van der Waals surface area (Å²) in [5, 5.41) is 6.41. The summed E-state index contributed by atoms with van der Waals surface area (Å²) in [7, 11) is -5.60. The van der Waals surface area contributed by atoms with E-state index in [0.29, 0.717) is 0 Å². The fraction of sp³-hybridized carbons (Fsp3) is 0.727. The van der Waals surface area contributed by atoms with Crippen LogP contribution in [0.3, 0.4) is 0 Å². The van der Waals surface area contributed by atoms with Gasteiger partial charge in [-0.3, -0.25) is 0 Å². The molecule has 6 radical (unpaired) electrons. The molecule has 0 aliphatic heterocycles. The Bertz CT molecular complexity index is 1170. The predicted molar refractivity (Wildman–Crippen MR) is 298 cm³/mol. The molecular formula is C44H100Si8Sn3. The van der Waals surface area contributed by atoms with Crippen LogP contribution in [0.5, 0.6) is 0 Å². The van der Waals surface area contributed by atoms with Gasteiger partial charge in [0.2, 0.25) is 0 Å². The molecule has 2 rings (SSSR count). The average Bonchev–Trinajstić information content (AvgIpc) is 2.98. The number of hydrogen-bond acceptors (Lipinski definition) is 0. The molecule has 0 fully saturated rings. The normalized spacial score (nSPS) is 12.2. The maximum atomic E-state index is 2.65. The molecule has 0 spiro atoms. The van der Waals surface area contributed by atoms with Crippen molar-refractivity contribution in [2.75, 3.05) is 0 Å². The molecule has 0 nitrogen and oxygen atoms in total. The van der Waals surface area contributed by atoms with E-state index in [1.807, 2.05) is 0 Å². The summed E-state index contributed by atoms with van der Waals surface area (Å²) in [5.74, 6) is 0. The molecule has 11 heteroatoms. The molecule has 0 aliphatic carbocycles. The van der Waals surface area contributed by atoms with Crippen LogP contribution in [0.4, 0.5) is 0 Å². The second kappa shape index (κ2) is 31.4. The molecule has 0 atom stereocenters. The molecule has 0 unspecified atom stereocenters. The van der Waals surface area contributed by atoms with Gasteiger partial charge in [-0.25, -0.2) is 0 Å². The van der Waals surface area contributed by atoms with Crippen LogP contribution < -0.4 is 20.7 Å². The SMILES string of the molecule is C[Si](C)CC[Si](C)(C)C.C[Si](C)CC[Si](C)(C)[Si](C)(C)c1ccc([Si](C)(C)C)cc1.C[Si](C)c1ccc([Si](C)(C)C)cc1.[CH3][Sn]([CH3])[CH3].[CH3][Sn]([CH3])[CH3].[CH3][Sn]([CH3])[CH3]. The van der Waals surface area contributed by atoms with Gasteiger partial charge in [0.25, 0.3) is 0 Å². The van der Waals surface area contributed by atoms with Crippen LogP contribution in [0.25, 0.3) is 0 Å². The predicted octanol–water partition coefficient (Wildman–Crippen LogP) is 14.1. The maximum absolute atomic E-state index is 2.65. The second-order valence-electron chi connectivity index (χ2n) is 22.6. The Labute approximate surface area is 382 Å². The monoisotopic (exact) mass is 1210 g/mol. The van der Waals surface area contributed by atoms with Crippen LogP contribution in [-0.2, 0) is 0 Å². The molecule has 0 heterocycles. The van der Waals surface area contributed by atoms with Crippen LogP contribution >= 0.6 is 0 Å². The van der Waals surface area contributed by atoms with E-state index in [0.717, 1.165) is 0 Å². The fourth-order valence-corrected chi connectivity index (χ4v) is 25.5. The Balaban J connectivity index is -0.000000326. The zero-order valence-electron chi connectivity index (χ0n) is 42.9. The Morgan fingerprint density at radius 1 is 0.400 bits per heavy atom. The minimum absolute atomic E-state index is 0.0672. The number of benzene rings is 2. The third-order valence-corrected chi connectivity index (χ3v) is 38.4. The quantitative estimate of drug-likeness (QED) is 0.197. The number of hydrogen-bond donors (Lipinski definition) is 0.